The van der Waals surface area contributed by atoms with Gasteiger partial charge in [0, 0.05) is 34.7 Å². The molecule has 0 aromatic heterocycles. The summed E-state index contributed by atoms with van der Waals surface area (Å²) in [7, 11) is 1.62. The van der Waals surface area contributed by atoms with E-state index in [1.807, 2.05) is 30.3 Å². The maximum atomic E-state index is 13.3. The van der Waals surface area contributed by atoms with E-state index in [9.17, 15) is 9.59 Å². The minimum Gasteiger partial charge on any atom is -0.496 e. The number of hydrogen-bond donors (Lipinski definition) is 1. The van der Waals surface area contributed by atoms with Crippen LogP contribution in [0.5, 0.6) is 5.75 Å². The van der Waals surface area contributed by atoms with Gasteiger partial charge in [-0.05, 0) is 48.6 Å². The van der Waals surface area contributed by atoms with Gasteiger partial charge in [-0.3, -0.25) is 9.59 Å². The lowest BCUT2D eigenvalue weighted by atomic mass is 9.95. The molecule has 1 atom stereocenters. The molecule has 30 heavy (non-hydrogen) atoms. The van der Waals surface area contributed by atoms with Gasteiger partial charge in [-0.25, -0.2) is 0 Å². The zero-order chi connectivity index (χ0) is 21.1. The number of benzene rings is 3. The first-order chi connectivity index (χ1) is 14.6. The summed E-state index contributed by atoms with van der Waals surface area (Å²) < 4.78 is 5.43. The van der Waals surface area contributed by atoms with E-state index in [1.54, 1.807) is 42.3 Å². The van der Waals surface area contributed by atoms with Crippen LogP contribution in [-0.4, -0.2) is 36.9 Å². The lowest BCUT2D eigenvalue weighted by molar-refractivity contribution is -0.121. The van der Waals surface area contributed by atoms with Gasteiger partial charge in [0.2, 0.25) is 5.91 Å². The van der Waals surface area contributed by atoms with Crippen LogP contribution in [0.2, 0.25) is 5.02 Å². The third-order valence-electron chi connectivity index (χ3n) is 5.51. The van der Waals surface area contributed by atoms with E-state index in [1.165, 1.54) is 0 Å². The van der Waals surface area contributed by atoms with Crippen molar-refractivity contribution >= 4 is 39.9 Å². The van der Waals surface area contributed by atoms with Crippen LogP contribution in [0.15, 0.2) is 60.7 Å². The Morgan fingerprint density at radius 1 is 1.07 bits per heavy atom. The van der Waals surface area contributed by atoms with Crippen molar-refractivity contribution < 1.29 is 14.3 Å². The number of methoxy groups -OCH3 is 1. The Kier molecular flexibility index (Phi) is 5.91. The van der Waals surface area contributed by atoms with Crippen LogP contribution < -0.4 is 10.1 Å². The largest absolute Gasteiger partial charge is 0.496 e. The van der Waals surface area contributed by atoms with Crippen molar-refractivity contribution in [2.75, 3.05) is 25.5 Å². The minimum absolute atomic E-state index is 0.0610. The van der Waals surface area contributed by atoms with E-state index in [4.69, 9.17) is 16.3 Å². The van der Waals surface area contributed by atoms with Crippen LogP contribution in [0.4, 0.5) is 5.69 Å². The number of nitrogens with zero attached hydrogens (tertiary/aromatic N) is 1. The van der Waals surface area contributed by atoms with Gasteiger partial charge < -0.3 is 15.0 Å². The van der Waals surface area contributed by atoms with Gasteiger partial charge in [0.1, 0.15) is 5.75 Å². The summed E-state index contributed by atoms with van der Waals surface area (Å²) in [6.45, 7) is 1.03. The predicted molar refractivity (Wildman–Crippen MR) is 119 cm³/mol. The third-order valence-corrected chi connectivity index (χ3v) is 5.74. The second kappa shape index (κ2) is 8.76. The van der Waals surface area contributed by atoms with Crippen LogP contribution >= 0.6 is 11.6 Å². The fourth-order valence-electron chi connectivity index (χ4n) is 3.99. The van der Waals surface area contributed by atoms with E-state index in [0.29, 0.717) is 29.4 Å². The number of nitrogens with one attached hydrogen (secondary N) is 1. The zero-order valence-corrected chi connectivity index (χ0v) is 17.5. The van der Waals surface area contributed by atoms with Gasteiger partial charge in [-0.2, -0.15) is 0 Å². The molecule has 2 amide bonds. The molecule has 0 unspecified atom stereocenters. The molecular weight excluding hydrogens is 400 g/mol. The number of fused-ring (bicyclic) bond motifs is 1. The van der Waals surface area contributed by atoms with Crippen LogP contribution in [-0.2, 0) is 4.79 Å². The molecule has 1 heterocycles. The summed E-state index contributed by atoms with van der Waals surface area (Å²) in [6, 6.07) is 18.4. The van der Waals surface area contributed by atoms with Crippen LogP contribution in [0.1, 0.15) is 23.2 Å². The molecule has 1 saturated heterocycles. The fraction of sp³-hybridized carbons (Fsp3) is 0.250. The number of hydrogen-bond acceptors (Lipinski definition) is 3. The standard InChI is InChI=1S/C24H23ClN2O3/c1-30-22-12-11-21(19-9-2-3-10-20(19)22)24(29)27-13-5-6-16(15-27)23(28)26-18-8-4-7-17(25)14-18/h2-4,7-12,14,16H,5-6,13,15H2,1H3,(H,26,28)/t16-/m1/s1. The number of rotatable bonds is 4. The number of ether oxygens (including phenoxy) is 1. The van der Waals surface area contributed by atoms with Crippen molar-refractivity contribution in [2.24, 2.45) is 5.92 Å². The average molecular weight is 423 g/mol. The molecule has 6 heteroatoms. The molecule has 3 aromatic rings. The molecule has 1 fully saturated rings. The number of halogens is 1. The van der Waals surface area contributed by atoms with E-state index >= 15 is 0 Å². The molecule has 0 saturated carbocycles. The minimum atomic E-state index is -0.258. The summed E-state index contributed by atoms with van der Waals surface area (Å²) in [6.07, 6.45) is 1.53. The molecular formula is C24H23ClN2O3. The molecule has 0 radical (unpaired) electrons. The number of carbonyl (C=O) groups excluding carboxylic acids is 2. The lowest BCUT2D eigenvalue weighted by Gasteiger charge is -2.32. The van der Waals surface area contributed by atoms with Crippen LogP contribution in [0.25, 0.3) is 10.8 Å². The van der Waals surface area contributed by atoms with Crippen LogP contribution in [0.3, 0.4) is 0 Å². The Hall–Kier alpha value is -3.05. The topological polar surface area (TPSA) is 58.6 Å². The molecule has 3 aromatic carbocycles. The van der Waals surface area contributed by atoms with E-state index in [0.717, 1.165) is 29.4 Å². The highest BCUT2D eigenvalue weighted by Crippen LogP contribution is 2.30. The average Bonchev–Trinajstić information content (AvgIpc) is 2.78. The monoisotopic (exact) mass is 422 g/mol. The molecule has 0 spiro atoms. The van der Waals surface area contributed by atoms with Gasteiger partial charge in [0.05, 0.1) is 13.0 Å². The molecule has 5 nitrogen and oxygen atoms in total. The van der Waals surface area contributed by atoms with Gasteiger partial charge in [0.15, 0.2) is 0 Å². The Morgan fingerprint density at radius 3 is 2.63 bits per heavy atom. The molecule has 0 aliphatic carbocycles. The summed E-state index contributed by atoms with van der Waals surface area (Å²) in [4.78, 5) is 27.9. The maximum Gasteiger partial charge on any atom is 0.254 e. The number of anilines is 1. The third kappa shape index (κ3) is 4.12. The molecule has 1 aliphatic rings. The zero-order valence-electron chi connectivity index (χ0n) is 16.7. The highest BCUT2D eigenvalue weighted by Gasteiger charge is 2.29. The second-order valence-corrected chi connectivity index (χ2v) is 7.89. The van der Waals surface area contributed by atoms with Gasteiger partial charge in [0.25, 0.3) is 5.91 Å². The summed E-state index contributed by atoms with van der Waals surface area (Å²) >= 11 is 6.00. The van der Waals surface area contributed by atoms with Crippen molar-refractivity contribution in [2.45, 2.75) is 12.8 Å². The Bertz CT molecular complexity index is 1100. The second-order valence-electron chi connectivity index (χ2n) is 7.45. The first kappa shape index (κ1) is 20.2. The van der Waals surface area contributed by atoms with Crippen molar-refractivity contribution in [1.29, 1.82) is 0 Å². The SMILES string of the molecule is COc1ccc(C(=O)N2CCC[C@@H](C(=O)Nc3cccc(Cl)c3)C2)c2ccccc12. The summed E-state index contributed by atoms with van der Waals surface area (Å²) in [5, 5.41) is 5.24. The molecule has 0 bridgehead atoms. The maximum absolute atomic E-state index is 13.3. The first-order valence-electron chi connectivity index (χ1n) is 9.98. The van der Waals surface area contributed by atoms with Crippen molar-refractivity contribution in [3.05, 3.63) is 71.2 Å². The van der Waals surface area contributed by atoms with Crippen molar-refractivity contribution in [3.63, 3.8) is 0 Å². The van der Waals surface area contributed by atoms with Gasteiger partial charge in [-0.1, -0.05) is 41.9 Å². The van der Waals surface area contributed by atoms with Gasteiger partial charge >= 0.3 is 0 Å². The quantitative estimate of drug-likeness (QED) is 0.644. The highest BCUT2D eigenvalue weighted by atomic mass is 35.5. The normalized spacial score (nSPS) is 16.3. The number of likely N-dealkylation sites (tertiary alicyclic amines) is 1. The first-order valence-corrected chi connectivity index (χ1v) is 10.4. The Morgan fingerprint density at radius 2 is 1.87 bits per heavy atom. The van der Waals surface area contributed by atoms with E-state index < -0.39 is 0 Å². The number of piperidine rings is 1. The van der Waals surface area contributed by atoms with Gasteiger partial charge in [-0.15, -0.1) is 0 Å². The lowest BCUT2D eigenvalue weighted by Crippen LogP contribution is -2.43. The highest BCUT2D eigenvalue weighted by molar-refractivity contribution is 6.30. The smallest absolute Gasteiger partial charge is 0.254 e. The number of amides is 2. The van der Waals surface area contributed by atoms with E-state index in [2.05, 4.69) is 5.32 Å². The molecule has 154 valence electrons. The Labute approximate surface area is 180 Å². The fourth-order valence-corrected chi connectivity index (χ4v) is 4.18. The van der Waals surface area contributed by atoms with E-state index in [-0.39, 0.29) is 17.7 Å². The predicted octanol–water partition coefficient (Wildman–Crippen LogP) is 4.99. The van der Waals surface area contributed by atoms with Crippen LogP contribution in [0, 0.1) is 5.92 Å². The Balaban J connectivity index is 1.53. The summed E-state index contributed by atoms with van der Waals surface area (Å²) in [5.74, 6) is 0.328. The van der Waals surface area contributed by atoms with Crippen molar-refractivity contribution in [1.82, 2.24) is 4.90 Å². The van der Waals surface area contributed by atoms with Crippen molar-refractivity contribution in [3.8, 4) is 5.75 Å². The number of carbonyl (C=O) groups is 2. The molecule has 4 rings (SSSR count). The molecule has 1 N–H and O–H groups in total. The summed E-state index contributed by atoms with van der Waals surface area (Å²) in [5.41, 5.74) is 1.29. The molecule has 1 aliphatic heterocycles.